The van der Waals surface area contributed by atoms with Gasteiger partial charge in [-0.05, 0) is 18.2 Å². The number of nitrogens with two attached hydrogens (primary N) is 1. The van der Waals surface area contributed by atoms with Crippen LogP contribution in [0, 0.1) is 11.3 Å². The lowest BCUT2D eigenvalue weighted by Crippen LogP contribution is -2.14. The van der Waals surface area contributed by atoms with E-state index in [2.05, 4.69) is 14.4 Å². The predicted octanol–water partition coefficient (Wildman–Crippen LogP) is 0.929. The Bertz CT molecular complexity index is 701. The molecule has 8 heteroatoms. The minimum absolute atomic E-state index is 0.0287. The van der Waals surface area contributed by atoms with Crippen molar-refractivity contribution in [3.63, 3.8) is 0 Å². The molecule has 0 bridgehead atoms. The zero-order valence-corrected chi connectivity index (χ0v) is 9.81. The Hall–Kier alpha value is -2.53. The van der Waals surface area contributed by atoms with Crippen LogP contribution in [0.25, 0.3) is 0 Å². The Morgan fingerprint density at radius 1 is 1.44 bits per heavy atom. The van der Waals surface area contributed by atoms with Crippen LogP contribution in [0.3, 0.4) is 0 Å². The van der Waals surface area contributed by atoms with Crippen LogP contribution in [-0.2, 0) is 10.0 Å². The summed E-state index contributed by atoms with van der Waals surface area (Å²) in [6, 6.07) is 5.75. The van der Waals surface area contributed by atoms with Crippen molar-refractivity contribution in [2.75, 3.05) is 10.5 Å². The summed E-state index contributed by atoms with van der Waals surface area (Å²) in [4.78, 5) is -0.152. The highest BCUT2D eigenvalue weighted by Crippen LogP contribution is 2.21. The van der Waals surface area contributed by atoms with Crippen LogP contribution in [-0.4, -0.2) is 13.6 Å². The molecule has 0 atom stereocenters. The molecule has 0 aliphatic carbocycles. The first-order valence-electron chi connectivity index (χ1n) is 4.75. The number of benzene rings is 1. The summed E-state index contributed by atoms with van der Waals surface area (Å²) in [5, 5.41) is 12.3. The van der Waals surface area contributed by atoms with E-state index in [0.29, 0.717) is 5.69 Å². The lowest BCUT2D eigenvalue weighted by atomic mass is 10.2. The Morgan fingerprint density at radius 2 is 2.22 bits per heavy atom. The van der Waals surface area contributed by atoms with Crippen LogP contribution in [0.4, 0.5) is 11.4 Å². The maximum absolute atomic E-state index is 12.0. The van der Waals surface area contributed by atoms with Crippen LogP contribution in [0.1, 0.15) is 5.56 Å². The molecule has 1 aromatic heterocycles. The van der Waals surface area contributed by atoms with Gasteiger partial charge < -0.3 is 10.3 Å². The predicted molar refractivity (Wildman–Crippen MR) is 62.9 cm³/mol. The van der Waals surface area contributed by atoms with Crippen LogP contribution >= 0.6 is 0 Å². The summed E-state index contributed by atoms with van der Waals surface area (Å²) < 4.78 is 30.8. The standard InChI is InChI=1S/C10H8N4O3S/c11-4-7-3-8(12)1-2-10(7)18(15,16)14-9-5-13-17-6-9/h1-3,5-6,14H,12H2. The molecule has 0 saturated heterocycles. The van der Waals surface area contributed by atoms with Gasteiger partial charge in [0.25, 0.3) is 10.0 Å². The van der Waals surface area contributed by atoms with Crippen LogP contribution in [0.2, 0.25) is 0 Å². The van der Waals surface area contributed by atoms with Gasteiger partial charge >= 0.3 is 0 Å². The normalized spacial score (nSPS) is 10.8. The van der Waals surface area contributed by atoms with Gasteiger partial charge in [-0.1, -0.05) is 5.16 Å². The number of anilines is 2. The fourth-order valence-electron chi connectivity index (χ4n) is 1.33. The average molecular weight is 264 g/mol. The van der Waals surface area contributed by atoms with E-state index in [9.17, 15) is 8.42 Å². The van der Waals surface area contributed by atoms with E-state index in [1.165, 1.54) is 24.4 Å². The number of hydrogen-bond donors (Lipinski definition) is 2. The number of hydrogen-bond acceptors (Lipinski definition) is 6. The number of nitriles is 1. The molecule has 18 heavy (non-hydrogen) atoms. The van der Waals surface area contributed by atoms with Gasteiger partial charge in [0, 0.05) is 5.69 Å². The Labute approximate surface area is 103 Å². The highest BCUT2D eigenvalue weighted by Gasteiger charge is 2.19. The van der Waals surface area contributed by atoms with E-state index in [1.54, 1.807) is 6.07 Å². The first-order chi connectivity index (χ1) is 8.53. The highest BCUT2D eigenvalue weighted by molar-refractivity contribution is 7.92. The van der Waals surface area contributed by atoms with Gasteiger partial charge in [0.05, 0.1) is 11.8 Å². The van der Waals surface area contributed by atoms with Crippen LogP contribution in [0.15, 0.2) is 40.1 Å². The summed E-state index contributed by atoms with van der Waals surface area (Å²) in [6.45, 7) is 0. The summed E-state index contributed by atoms with van der Waals surface area (Å²) in [7, 11) is -3.87. The molecule has 0 unspecified atom stereocenters. The Balaban J connectivity index is 2.45. The van der Waals surface area contributed by atoms with E-state index in [4.69, 9.17) is 11.0 Å². The topological polar surface area (TPSA) is 122 Å². The highest BCUT2D eigenvalue weighted by atomic mass is 32.2. The molecule has 2 rings (SSSR count). The van der Waals surface area contributed by atoms with Crippen molar-refractivity contribution >= 4 is 21.4 Å². The van der Waals surface area contributed by atoms with Gasteiger partial charge in [-0.15, -0.1) is 0 Å². The molecule has 0 aliphatic heterocycles. The second-order valence-corrected chi connectivity index (χ2v) is 5.04. The molecule has 0 radical (unpaired) electrons. The van der Waals surface area contributed by atoms with Gasteiger partial charge in [0.15, 0.2) is 0 Å². The molecular weight excluding hydrogens is 256 g/mol. The lowest BCUT2D eigenvalue weighted by molar-refractivity contribution is 0.420. The van der Waals surface area contributed by atoms with Gasteiger partial charge in [-0.3, -0.25) is 4.72 Å². The molecule has 92 valence electrons. The lowest BCUT2D eigenvalue weighted by Gasteiger charge is -2.07. The zero-order chi connectivity index (χ0) is 13.2. The van der Waals surface area contributed by atoms with Crippen LogP contribution < -0.4 is 10.5 Å². The molecule has 7 nitrogen and oxygen atoms in total. The van der Waals surface area contributed by atoms with Crippen LogP contribution in [0.5, 0.6) is 0 Å². The number of nitrogens with zero attached hydrogens (tertiary/aromatic N) is 2. The van der Waals surface area contributed by atoms with Gasteiger partial charge in [0.2, 0.25) is 0 Å². The number of nitrogens with one attached hydrogen (secondary N) is 1. The number of sulfonamides is 1. The first-order valence-corrected chi connectivity index (χ1v) is 6.23. The minimum Gasteiger partial charge on any atom is -0.399 e. The van der Waals surface area contributed by atoms with Gasteiger partial charge in [-0.25, -0.2) is 8.42 Å². The Morgan fingerprint density at radius 3 is 2.83 bits per heavy atom. The molecule has 0 aliphatic rings. The molecule has 1 aromatic carbocycles. The van der Waals surface area contributed by atoms with E-state index in [1.807, 2.05) is 0 Å². The maximum atomic E-state index is 12.0. The maximum Gasteiger partial charge on any atom is 0.263 e. The molecular formula is C10H8N4O3S. The molecule has 0 spiro atoms. The van der Waals surface area contributed by atoms with Crippen molar-refractivity contribution in [2.45, 2.75) is 4.90 Å². The molecule has 1 heterocycles. The third kappa shape index (κ3) is 2.26. The Kier molecular flexibility index (Phi) is 2.91. The first kappa shape index (κ1) is 11.9. The molecule has 2 aromatic rings. The fraction of sp³-hybridized carbons (Fsp3) is 0. The summed E-state index contributed by atoms with van der Waals surface area (Å²) >= 11 is 0. The minimum atomic E-state index is -3.87. The van der Waals surface area contributed by atoms with Crippen molar-refractivity contribution in [3.05, 3.63) is 36.2 Å². The van der Waals surface area contributed by atoms with Crippen molar-refractivity contribution in [2.24, 2.45) is 0 Å². The van der Waals surface area contributed by atoms with Crippen molar-refractivity contribution in [3.8, 4) is 6.07 Å². The molecule has 0 fully saturated rings. The average Bonchev–Trinajstić information content (AvgIpc) is 2.80. The second-order valence-electron chi connectivity index (χ2n) is 3.39. The summed E-state index contributed by atoms with van der Waals surface area (Å²) in [5.74, 6) is 0. The summed E-state index contributed by atoms with van der Waals surface area (Å²) in [5.41, 5.74) is 5.95. The molecule has 0 amide bonds. The number of rotatable bonds is 3. The largest absolute Gasteiger partial charge is 0.399 e. The summed E-state index contributed by atoms with van der Waals surface area (Å²) in [6.07, 6.45) is 2.35. The fourth-order valence-corrected chi connectivity index (χ4v) is 2.50. The molecule has 0 saturated carbocycles. The van der Waals surface area contributed by atoms with Gasteiger partial charge in [0.1, 0.15) is 22.9 Å². The number of aromatic nitrogens is 1. The monoisotopic (exact) mass is 264 g/mol. The number of nitrogen functional groups attached to an aromatic ring is 1. The van der Waals surface area contributed by atoms with Gasteiger partial charge in [-0.2, -0.15) is 5.26 Å². The van der Waals surface area contributed by atoms with Crippen molar-refractivity contribution in [1.29, 1.82) is 5.26 Å². The zero-order valence-electron chi connectivity index (χ0n) is 8.99. The van der Waals surface area contributed by atoms with E-state index in [0.717, 1.165) is 6.26 Å². The smallest absolute Gasteiger partial charge is 0.263 e. The third-order valence-electron chi connectivity index (χ3n) is 2.10. The van der Waals surface area contributed by atoms with E-state index in [-0.39, 0.29) is 16.1 Å². The quantitative estimate of drug-likeness (QED) is 0.795. The van der Waals surface area contributed by atoms with E-state index < -0.39 is 10.0 Å². The van der Waals surface area contributed by atoms with Crippen molar-refractivity contribution < 1.29 is 12.9 Å². The molecule has 3 N–H and O–H groups in total. The van der Waals surface area contributed by atoms with Crippen molar-refractivity contribution in [1.82, 2.24) is 5.16 Å². The third-order valence-corrected chi connectivity index (χ3v) is 3.54. The van der Waals surface area contributed by atoms with E-state index >= 15 is 0 Å². The SMILES string of the molecule is N#Cc1cc(N)ccc1S(=O)(=O)Nc1cnoc1. The second kappa shape index (κ2) is 4.38.